The molecule has 352 valence electrons. The summed E-state index contributed by atoms with van der Waals surface area (Å²) in [6.45, 7) is 3.34. The summed E-state index contributed by atoms with van der Waals surface area (Å²) in [5.41, 5.74) is 2.72. The molecule has 4 amide bonds. The Morgan fingerprint density at radius 2 is 1.78 bits per heavy atom. The van der Waals surface area contributed by atoms with Crippen molar-refractivity contribution < 1.29 is 32.4 Å². The van der Waals surface area contributed by atoms with Crippen molar-refractivity contribution in [1.82, 2.24) is 44.0 Å². The lowest BCUT2D eigenvalue weighted by Crippen LogP contribution is -2.44. The number of likely N-dealkylation sites (tertiary alicyclic amines) is 1. The maximum absolute atomic E-state index is 14.2. The number of imide groups is 1. The molecule has 5 aromatic rings. The molecule has 1 unspecified atom stereocenters. The smallest absolute Gasteiger partial charge is 0.329 e. The number of hydrogen-bond donors (Lipinski definition) is 2. The number of nitrogens with one attached hydrogen (secondary N) is 2. The van der Waals surface area contributed by atoms with E-state index in [1.165, 1.54) is 39.1 Å². The lowest BCUT2D eigenvalue weighted by molar-refractivity contribution is -0.137. The van der Waals surface area contributed by atoms with Crippen LogP contribution in [0.2, 0.25) is 0 Å². The number of halogens is 2. The summed E-state index contributed by atoms with van der Waals surface area (Å²) in [7, 11) is 3.54. The number of carbonyl (C=O) groups excluding carboxylic acids is 4. The molecule has 1 atom stereocenters. The van der Waals surface area contributed by atoms with Crippen LogP contribution in [0.5, 0.6) is 0 Å². The van der Waals surface area contributed by atoms with E-state index in [2.05, 4.69) is 42.4 Å². The van der Waals surface area contributed by atoms with Crippen LogP contribution in [-0.4, -0.2) is 95.5 Å². The summed E-state index contributed by atoms with van der Waals surface area (Å²) < 4.78 is 38.5. The normalized spacial score (nSPS) is 20.5. The highest BCUT2D eigenvalue weighted by atomic mass is 19.3. The van der Waals surface area contributed by atoms with Crippen molar-refractivity contribution >= 4 is 40.3 Å². The molecule has 2 N–H and O–H groups in total. The third-order valence-corrected chi connectivity index (χ3v) is 14.0. The van der Waals surface area contributed by atoms with E-state index in [0.29, 0.717) is 61.2 Å². The lowest BCUT2D eigenvalue weighted by atomic mass is 9.85. The van der Waals surface area contributed by atoms with Gasteiger partial charge in [0.25, 0.3) is 12.3 Å². The molecule has 0 bridgehead atoms. The number of benzene rings is 1. The fourth-order valence-electron chi connectivity index (χ4n) is 9.87. The molecule has 2 saturated heterocycles. The number of anilines is 1. The fourth-order valence-corrected chi connectivity index (χ4v) is 9.87. The van der Waals surface area contributed by atoms with Gasteiger partial charge in [0.05, 0.1) is 22.8 Å². The zero-order valence-electron chi connectivity index (χ0n) is 37.9. The highest BCUT2D eigenvalue weighted by Crippen LogP contribution is 2.37. The quantitative estimate of drug-likeness (QED) is 0.0929. The van der Waals surface area contributed by atoms with Gasteiger partial charge in [0.15, 0.2) is 11.4 Å². The van der Waals surface area contributed by atoms with Crippen LogP contribution in [-0.2, 0) is 27.9 Å². The minimum Gasteiger partial charge on any atom is -0.444 e. The number of aryl methyl sites for hydroxylation is 2. The number of carbonyl (C=O) groups is 4. The summed E-state index contributed by atoms with van der Waals surface area (Å²) >= 11 is 0. The van der Waals surface area contributed by atoms with Crippen LogP contribution in [0.4, 0.5) is 14.5 Å². The molecule has 18 heteroatoms. The molecule has 9 rings (SSSR count). The number of hydrogen-bond acceptors (Lipinski definition) is 10. The standard InChI is InChI=1S/C49H56F2N10O6/c1-57(27-32-19-23-59(24-20-32)22-4-3-5-31-9-15-39-41(25-31)58(2)49(66)61(39)40-16-17-42(62)55-46(40)64)48(65)33-10-13-36(14-11-33)60-28-37(43(56-60)44(50)51)53-45(63)38-29-67-47(54-38)34-18-21-52-35(26-34)12-8-30-6-7-30/h9,15,18,21,25-26,28-30,32-33,36,40,44H,4,6-8,10-14,16-17,19-20,22-24,27H2,1-2H3,(H,53,63)(H,55,62,64). The Morgan fingerprint density at radius 3 is 2.52 bits per heavy atom. The Hall–Kier alpha value is -6.48. The number of imidazole rings is 1. The second kappa shape index (κ2) is 19.8. The van der Waals surface area contributed by atoms with E-state index >= 15 is 0 Å². The van der Waals surface area contributed by atoms with Gasteiger partial charge in [-0.15, -0.1) is 0 Å². The number of oxazole rings is 1. The van der Waals surface area contributed by atoms with Gasteiger partial charge in [-0.3, -0.25) is 43.3 Å². The van der Waals surface area contributed by atoms with Crippen molar-refractivity contribution in [2.75, 3.05) is 38.5 Å². The van der Waals surface area contributed by atoms with E-state index in [1.807, 2.05) is 36.2 Å². The SMILES string of the molecule is CN(CC1CCN(CCC#Cc2ccc3c(c2)n(C)c(=O)n3C2CCC(=O)NC2=O)CC1)C(=O)C1CCC(n2cc(NC(=O)c3coc(-c4ccnc(CCC5CC5)c4)n3)c(C(F)F)n2)CC1. The predicted octanol–water partition coefficient (Wildman–Crippen LogP) is 6.44. The lowest BCUT2D eigenvalue weighted by Gasteiger charge is -2.35. The highest BCUT2D eigenvalue weighted by Gasteiger charge is 2.34. The average Bonchev–Trinajstić information content (AvgIpc) is 3.74. The molecule has 4 aromatic heterocycles. The Bertz CT molecular complexity index is 2780. The molecule has 1 aromatic carbocycles. The van der Waals surface area contributed by atoms with Gasteiger partial charge in [-0.1, -0.05) is 24.7 Å². The number of piperidine rings is 2. The first-order chi connectivity index (χ1) is 32.4. The minimum absolute atomic E-state index is 0.0407. The Balaban J connectivity index is 0.712. The average molecular weight is 919 g/mol. The number of pyridine rings is 1. The fraction of sp³-hybridized carbons (Fsp3) is 0.510. The number of alkyl halides is 2. The maximum Gasteiger partial charge on any atom is 0.329 e. The Kier molecular flexibility index (Phi) is 13.5. The second-order valence-corrected chi connectivity index (χ2v) is 18.7. The van der Waals surface area contributed by atoms with Crippen LogP contribution in [0.3, 0.4) is 0 Å². The van der Waals surface area contributed by atoms with Gasteiger partial charge in [0, 0.05) is 75.2 Å². The van der Waals surface area contributed by atoms with E-state index in [4.69, 9.17) is 4.42 Å². The van der Waals surface area contributed by atoms with Crippen molar-refractivity contribution in [1.29, 1.82) is 0 Å². The molecular weight excluding hydrogens is 863 g/mol. The molecule has 2 saturated carbocycles. The molecule has 6 heterocycles. The summed E-state index contributed by atoms with van der Waals surface area (Å²) in [5, 5.41) is 9.11. The molecule has 16 nitrogen and oxygen atoms in total. The molecule has 4 fully saturated rings. The van der Waals surface area contributed by atoms with Crippen molar-refractivity contribution in [2.45, 2.75) is 102 Å². The second-order valence-electron chi connectivity index (χ2n) is 18.7. The highest BCUT2D eigenvalue weighted by molar-refractivity contribution is 6.03. The minimum atomic E-state index is -2.91. The van der Waals surface area contributed by atoms with E-state index in [1.54, 1.807) is 19.3 Å². The van der Waals surface area contributed by atoms with Gasteiger partial charge in [-0.25, -0.2) is 18.6 Å². The summed E-state index contributed by atoms with van der Waals surface area (Å²) in [4.78, 5) is 77.1. The van der Waals surface area contributed by atoms with Crippen molar-refractivity contribution in [3.05, 3.63) is 82.1 Å². The third-order valence-electron chi connectivity index (χ3n) is 14.0. The summed E-state index contributed by atoms with van der Waals surface area (Å²) in [6.07, 6.45) is 11.4. The van der Waals surface area contributed by atoms with Crippen LogP contribution >= 0.6 is 0 Å². The first kappa shape index (κ1) is 45.7. The predicted molar refractivity (Wildman–Crippen MR) is 244 cm³/mol. The molecule has 0 spiro atoms. The molecule has 67 heavy (non-hydrogen) atoms. The van der Waals surface area contributed by atoms with Crippen molar-refractivity contribution in [2.24, 2.45) is 24.8 Å². The van der Waals surface area contributed by atoms with Crippen LogP contribution in [0, 0.1) is 29.6 Å². The zero-order valence-corrected chi connectivity index (χ0v) is 37.9. The number of nitrogens with zero attached hydrogens (tertiary/aromatic N) is 8. The van der Waals surface area contributed by atoms with Gasteiger partial charge in [0.1, 0.15) is 12.3 Å². The molecular formula is C49H56F2N10O6. The van der Waals surface area contributed by atoms with E-state index in [0.717, 1.165) is 62.5 Å². The third kappa shape index (κ3) is 10.4. The van der Waals surface area contributed by atoms with Gasteiger partial charge in [-0.05, 0) is 113 Å². The Labute approximate surface area is 386 Å². The van der Waals surface area contributed by atoms with Crippen molar-refractivity contribution in [3.8, 4) is 23.3 Å². The number of aromatic nitrogens is 6. The first-order valence-corrected chi connectivity index (χ1v) is 23.5. The van der Waals surface area contributed by atoms with Gasteiger partial charge in [-0.2, -0.15) is 5.10 Å². The van der Waals surface area contributed by atoms with E-state index in [-0.39, 0.29) is 59.6 Å². The molecule has 2 aliphatic carbocycles. The zero-order chi connectivity index (χ0) is 46.8. The number of rotatable bonds is 14. The summed E-state index contributed by atoms with van der Waals surface area (Å²) in [6, 6.07) is 8.24. The van der Waals surface area contributed by atoms with Gasteiger partial charge >= 0.3 is 5.69 Å². The van der Waals surface area contributed by atoms with Gasteiger partial charge in [0.2, 0.25) is 23.6 Å². The van der Waals surface area contributed by atoms with Crippen LogP contribution in [0.25, 0.3) is 22.5 Å². The van der Waals surface area contributed by atoms with Crippen LogP contribution in [0.1, 0.15) is 123 Å². The summed E-state index contributed by atoms with van der Waals surface area (Å²) in [5.74, 6) is 6.37. The van der Waals surface area contributed by atoms with Gasteiger partial charge < -0.3 is 19.5 Å². The number of fused-ring (bicyclic) bond motifs is 1. The number of amides is 4. The van der Waals surface area contributed by atoms with Crippen LogP contribution in [0.15, 0.2) is 58.2 Å². The largest absolute Gasteiger partial charge is 0.444 e. The Morgan fingerprint density at radius 1 is 0.985 bits per heavy atom. The van der Waals surface area contributed by atoms with E-state index in [9.17, 15) is 32.8 Å². The van der Waals surface area contributed by atoms with E-state index < -0.39 is 30.0 Å². The van der Waals surface area contributed by atoms with Crippen LogP contribution < -0.4 is 16.3 Å². The molecule has 2 aliphatic heterocycles. The monoisotopic (exact) mass is 918 g/mol. The maximum atomic E-state index is 14.2. The molecule has 0 radical (unpaired) electrons. The topological polar surface area (TPSA) is 182 Å². The molecule has 4 aliphatic rings. The first-order valence-electron chi connectivity index (χ1n) is 23.5. The van der Waals surface area contributed by atoms with Crippen molar-refractivity contribution in [3.63, 3.8) is 0 Å².